The van der Waals surface area contributed by atoms with E-state index in [0.717, 1.165) is 10.2 Å². The van der Waals surface area contributed by atoms with Crippen LogP contribution >= 0.6 is 0 Å². The molecule has 0 aliphatic rings. The van der Waals surface area contributed by atoms with Crippen molar-refractivity contribution in [2.45, 2.75) is 19.1 Å². The second-order valence-electron chi connectivity index (χ2n) is 3.26. The summed E-state index contributed by atoms with van der Waals surface area (Å²) < 4.78 is 23.6. The summed E-state index contributed by atoms with van der Waals surface area (Å²) in [6, 6.07) is 2.47. The zero-order valence-corrected chi connectivity index (χ0v) is 8.90. The fraction of sp³-hybridized carbons (Fsp3) is 0.500. The summed E-state index contributed by atoms with van der Waals surface area (Å²) in [6.45, 7) is 1.52. The molecule has 1 aromatic rings. The van der Waals surface area contributed by atoms with Crippen LogP contribution in [0.1, 0.15) is 18.7 Å². The van der Waals surface area contributed by atoms with Crippen LogP contribution in [0.5, 0.6) is 0 Å². The highest BCUT2D eigenvalue weighted by Gasteiger charge is 2.19. The number of aliphatic hydroxyl groups is 1. The Morgan fingerprint density at radius 1 is 1.57 bits per heavy atom. The second-order valence-corrected chi connectivity index (χ2v) is 5.12. The van der Waals surface area contributed by atoms with Gasteiger partial charge in [0, 0.05) is 6.20 Å². The zero-order chi connectivity index (χ0) is 10.9. The van der Waals surface area contributed by atoms with Gasteiger partial charge in [-0.15, -0.1) is 0 Å². The van der Waals surface area contributed by atoms with E-state index in [9.17, 15) is 13.5 Å². The van der Waals surface area contributed by atoms with Crippen molar-refractivity contribution >= 4 is 10.0 Å². The van der Waals surface area contributed by atoms with Gasteiger partial charge in [-0.3, -0.25) is 0 Å². The lowest BCUT2D eigenvalue weighted by molar-refractivity contribution is 0.162. The van der Waals surface area contributed by atoms with Gasteiger partial charge in [-0.2, -0.15) is 0 Å². The molecule has 14 heavy (non-hydrogen) atoms. The van der Waals surface area contributed by atoms with Crippen molar-refractivity contribution in [1.29, 1.82) is 0 Å². The summed E-state index contributed by atoms with van der Waals surface area (Å²) in [5.74, 6) is 0. The van der Waals surface area contributed by atoms with Gasteiger partial charge in [0.1, 0.15) is 0 Å². The Bertz CT molecular complexity index is 408. The molecule has 1 heterocycles. The summed E-state index contributed by atoms with van der Waals surface area (Å²) in [7, 11) is -3.34. The topological polar surface area (TPSA) is 85.3 Å². The summed E-state index contributed by atoms with van der Waals surface area (Å²) in [4.78, 5) is 0. The maximum absolute atomic E-state index is 11.3. The highest BCUT2D eigenvalue weighted by Crippen LogP contribution is 2.16. The minimum atomic E-state index is -3.34. The summed E-state index contributed by atoms with van der Waals surface area (Å²) in [6.07, 6.45) is 1.71. The van der Waals surface area contributed by atoms with Gasteiger partial charge in [0.25, 0.3) is 0 Å². The molecule has 3 N–H and O–H groups in total. The standard InChI is InChI=1S/C8H14N2O3S/c1-6(11)8(9)7-4-3-5-10(7)14(2,12)13/h3-6,8,11H,9H2,1-2H3/t6-,8-/m0/s1. The predicted molar refractivity (Wildman–Crippen MR) is 53.3 cm³/mol. The molecule has 0 aliphatic carbocycles. The van der Waals surface area contributed by atoms with Crippen LogP contribution in [0.4, 0.5) is 0 Å². The summed E-state index contributed by atoms with van der Waals surface area (Å²) in [5, 5.41) is 9.25. The zero-order valence-electron chi connectivity index (χ0n) is 8.08. The second kappa shape index (κ2) is 3.72. The molecule has 6 heteroatoms. The molecule has 0 saturated carbocycles. The van der Waals surface area contributed by atoms with Crippen molar-refractivity contribution in [2.24, 2.45) is 5.73 Å². The molecule has 0 aliphatic heterocycles. The van der Waals surface area contributed by atoms with E-state index in [-0.39, 0.29) is 0 Å². The molecule has 0 bridgehead atoms. The lowest BCUT2D eigenvalue weighted by atomic mass is 10.1. The van der Waals surface area contributed by atoms with E-state index >= 15 is 0 Å². The molecule has 80 valence electrons. The Balaban J connectivity index is 3.18. The van der Waals surface area contributed by atoms with Crippen molar-refractivity contribution in [3.63, 3.8) is 0 Å². The molecule has 0 aromatic carbocycles. The van der Waals surface area contributed by atoms with Crippen molar-refractivity contribution in [1.82, 2.24) is 3.97 Å². The monoisotopic (exact) mass is 218 g/mol. The summed E-state index contributed by atoms with van der Waals surface area (Å²) in [5.41, 5.74) is 6.04. The maximum atomic E-state index is 11.3. The number of nitrogens with two attached hydrogens (primary N) is 1. The first-order chi connectivity index (χ1) is 6.34. The SMILES string of the molecule is C[C@H](O)[C@H](N)c1cccn1S(C)(=O)=O. The first-order valence-corrected chi connectivity index (χ1v) is 6.00. The van der Waals surface area contributed by atoms with Crippen LogP contribution in [0.3, 0.4) is 0 Å². The van der Waals surface area contributed by atoms with Gasteiger partial charge in [0.15, 0.2) is 0 Å². The molecule has 5 nitrogen and oxygen atoms in total. The van der Waals surface area contributed by atoms with E-state index in [1.807, 2.05) is 0 Å². The molecule has 0 unspecified atom stereocenters. The molecule has 0 radical (unpaired) electrons. The lowest BCUT2D eigenvalue weighted by Crippen LogP contribution is -2.27. The van der Waals surface area contributed by atoms with E-state index in [2.05, 4.69) is 0 Å². The molecule has 0 saturated heterocycles. The van der Waals surface area contributed by atoms with Gasteiger partial charge in [-0.1, -0.05) is 0 Å². The van der Waals surface area contributed by atoms with Crippen molar-refractivity contribution in [3.05, 3.63) is 24.0 Å². The number of nitrogens with zero attached hydrogens (tertiary/aromatic N) is 1. The van der Waals surface area contributed by atoms with Gasteiger partial charge in [0.2, 0.25) is 10.0 Å². The van der Waals surface area contributed by atoms with E-state index in [0.29, 0.717) is 5.69 Å². The Morgan fingerprint density at radius 3 is 2.57 bits per heavy atom. The predicted octanol–water partition coefficient (Wildman–Crippen LogP) is -0.324. The van der Waals surface area contributed by atoms with Crippen molar-refractivity contribution < 1.29 is 13.5 Å². The lowest BCUT2D eigenvalue weighted by Gasteiger charge is -2.16. The highest BCUT2D eigenvalue weighted by atomic mass is 32.2. The maximum Gasteiger partial charge on any atom is 0.235 e. The molecule has 0 amide bonds. The van der Waals surface area contributed by atoms with Gasteiger partial charge in [-0.05, 0) is 19.1 Å². The molecule has 1 rings (SSSR count). The smallest absolute Gasteiger partial charge is 0.235 e. The Labute approximate surface area is 83.2 Å². The van der Waals surface area contributed by atoms with E-state index in [1.54, 1.807) is 12.1 Å². The molecule has 1 aromatic heterocycles. The van der Waals surface area contributed by atoms with Crippen LogP contribution in [0, 0.1) is 0 Å². The normalized spacial score (nSPS) is 16.6. The minimum Gasteiger partial charge on any atom is -0.391 e. The summed E-state index contributed by atoms with van der Waals surface area (Å²) >= 11 is 0. The highest BCUT2D eigenvalue weighted by molar-refractivity contribution is 7.89. The third kappa shape index (κ3) is 2.14. The van der Waals surface area contributed by atoms with Crippen molar-refractivity contribution in [3.8, 4) is 0 Å². The quantitative estimate of drug-likeness (QED) is 0.728. The largest absolute Gasteiger partial charge is 0.391 e. The number of hydrogen-bond donors (Lipinski definition) is 2. The van der Waals surface area contributed by atoms with Crippen LogP contribution in [-0.2, 0) is 10.0 Å². The first kappa shape index (κ1) is 11.2. The van der Waals surface area contributed by atoms with Crippen molar-refractivity contribution in [2.75, 3.05) is 6.26 Å². The van der Waals surface area contributed by atoms with Crippen LogP contribution in [0.25, 0.3) is 0 Å². The Kier molecular flexibility index (Phi) is 2.98. The third-order valence-corrected chi connectivity index (χ3v) is 3.01. The fourth-order valence-corrected chi connectivity index (χ4v) is 2.04. The number of rotatable bonds is 3. The first-order valence-electron chi connectivity index (χ1n) is 4.15. The molecule has 0 fully saturated rings. The van der Waals surface area contributed by atoms with Crippen LogP contribution in [0.2, 0.25) is 0 Å². The molecular weight excluding hydrogens is 204 g/mol. The third-order valence-electron chi connectivity index (χ3n) is 1.96. The average Bonchev–Trinajstić information content (AvgIpc) is 2.48. The van der Waals surface area contributed by atoms with Gasteiger partial charge >= 0.3 is 0 Å². The van der Waals surface area contributed by atoms with Gasteiger partial charge < -0.3 is 10.8 Å². The van der Waals surface area contributed by atoms with E-state index < -0.39 is 22.2 Å². The van der Waals surface area contributed by atoms with Crippen LogP contribution in [0.15, 0.2) is 18.3 Å². The average molecular weight is 218 g/mol. The van der Waals surface area contributed by atoms with E-state index in [4.69, 9.17) is 5.73 Å². The van der Waals surface area contributed by atoms with Crippen LogP contribution in [-0.4, -0.2) is 29.9 Å². The number of aromatic nitrogens is 1. The van der Waals surface area contributed by atoms with Gasteiger partial charge in [-0.25, -0.2) is 12.4 Å². The number of aliphatic hydroxyl groups excluding tert-OH is 1. The molecule has 0 spiro atoms. The van der Waals surface area contributed by atoms with Gasteiger partial charge in [0.05, 0.1) is 24.1 Å². The van der Waals surface area contributed by atoms with E-state index in [1.165, 1.54) is 13.1 Å². The Morgan fingerprint density at radius 2 is 2.14 bits per heavy atom. The van der Waals surface area contributed by atoms with Crippen LogP contribution < -0.4 is 5.73 Å². The number of hydrogen-bond acceptors (Lipinski definition) is 4. The molecule has 2 atom stereocenters. The fourth-order valence-electron chi connectivity index (χ4n) is 1.19. The Hall–Kier alpha value is -0.850. The molecular formula is C8H14N2O3S. The minimum absolute atomic E-state index is 0.391.